The molecule has 0 atom stereocenters. The molecule has 0 spiro atoms. The van der Waals surface area contributed by atoms with Crippen LogP contribution in [-0.2, 0) is 11.8 Å². The van der Waals surface area contributed by atoms with Gasteiger partial charge < -0.3 is 20.1 Å². The molecule has 0 unspecified atom stereocenters. The Balaban J connectivity index is 2.15. The van der Waals surface area contributed by atoms with E-state index < -0.39 is 0 Å². The van der Waals surface area contributed by atoms with Gasteiger partial charge in [-0.15, -0.1) is 0 Å². The molecule has 2 amide bonds. The highest BCUT2D eigenvalue weighted by molar-refractivity contribution is 6.31. The van der Waals surface area contributed by atoms with Gasteiger partial charge in [-0.3, -0.25) is 9.59 Å². The molecule has 2 aromatic rings. The SMILES string of the molecule is Cc1ccc(NC(=O)CN(C)C)cc1NC(=O)c1cc(Cl)cn1C. The summed E-state index contributed by atoms with van der Waals surface area (Å²) in [6.07, 6.45) is 1.67. The van der Waals surface area contributed by atoms with Crippen molar-refractivity contribution in [2.24, 2.45) is 7.05 Å². The summed E-state index contributed by atoms with van der Waals surface area (Å²) in [7, 11) is 5.41. The minimum Gasteiger partial charge on any atom is -0.345 e. The molecule has 7 heteroatoms. The number of carbonyl (C=O) groups excluding carboxylic acids is 2. The number of amides is 2. The molecule has 128 valence electrons. The van der Waals surface area contributed by atoms with Crippen LogP contribution in [0.5, 0.6) is 0 Å². The quantitative estimate of drug-likeness (QED) is 0.873. The highest BCUT2D eigenvalue weighted by Gasteiger charge is 2.13. The number of hydrogen-bond acceptors (Lipinski definition) is 3. The van der Waals surface area contributed by atoms with Crippen molar-refractivity contribution in [3.05, 3.63) is 46.7 Å². The summed E-state index contributed by atoms with van der Waals surface area (Å²) in [5, 5.41) is 6.17. The van der Waals surface area contributed by atoms with Gasteiger partial charge in [0.2, 0.25) is 5.91 Å². The maximum atomic E-state index is 12.4. The van der Waals surface area contributed by atoms with E-state index >= 15 is 0 Å². The van der Waals surface area contributed by atoms with E-state index in [1.807, 2.05) is 27.1 Å². The third-order valence-corrected chi connectivity index (χ3v) is 3.64. The van der Waals surface area contributed by atoms with Crippen molar-refractivity contribution in [1.82, 2.24) is 9.47 Å². The summed E-state index contributed by atoms with van der Waals surface area (Å²) in [6.45, 7) is 2.18. The number of nitrogens with one attached hydrogen (secondary N) is 2. The Bertz CT molecular complexity index is 768. The van der Waals surface area contributed by atoms with Gasteiger partial charge in [-0.25, -0.2) is 0 Å². The third-order valence-electron chi connectivity index (χ3n) is 3.43. The van der Waals surface area contributed by atoms with Gasteiger partial charge in [-0.05, 0) is 44.8 Å². The van der Waals surface area contributed by atoms with Crippen molar-refractivity contribution in [3.8, 4) is 0 Å². The van der Waals surface area contributed by atoms with Crippen molar-refractivity contribution >= 4 is 34.8 Å². The Morgan fingerprint density at radius 1 is 1.21 bits per heavy atom. The topological polar surface area (TPSA) is 66.4 Å². The predicted octanol–water partition coefficient (Wildman–Crippen LogP) is 2.74. The molecule has 0 saturated carbocycles. The fourth-order valence-corrected chi connectivity index (χ4v) is 2.51. The molecule has 0 aliphatic rings. The van der Waals surface area contributed by atoms with Crippen molar-refractivity contribution in [1.29, 1.82) is 0 Å². The highest BCUT2D eigenvalue weighted by Crippen LogP contribution is 2.22. The van der Waals surface area contributed by atoms with Crippen molar-refractivity contribution in [3.63, 3.8) is 0 Å². The van der Waals surface area contributed by atoms with E-state index in [0.29, 0.717) is 22.1 Å². The number of nitrogens with zero attached hydrogens (tertiary/aromatic N) is 2. The number of benzene rings is 1. The number of anilines is 2. The second-order valence-corrected chi connectivity index (χ2v) is 6.36. The van der Waals surface area contributed by atoms with E-state index in [-0.39, 0.29) is 18.4 Å². The fourth-order valence-electron chi connectivity index (χ4n) is 2.26. The lowest BCUT2D eigenvalue weighted by Crippen LogP contribution is -2.27. The molecule has 2 rings (SSSR count). The largest absolute Gasteiger partial charge is 0.345 e. The molecule has 1 aromatic heterocycles. The standard InChI is InChI=1S/C17H21ClN4O2/c1-11-5-6-13(19-16(23)10-21(2)3)8-14(11)20-17(24)15-7-12(18)9-22(15)4/h5-9H,10H2,1-4H3,(H,19,23)(H,20,24). The highest BCUT2D eigenvalue weighted by atomic mass is 35.5. The number of likely N-dealkylation sites (N-methyl/N-ethyl adjacent to an activating group) is 1. The minimum atomic E-state index is -0.260. The summed E-state index contributed by atoms with van der Waals surface area (Å²) in [5.74, 6) is -0.375. The summed E-state index contributed by atoms with van der Waals surface area (Å²) in [6, 6.07) is 7.00. The molecule has 0 saturated heterocycles. The Kier molecular flexibility index (Phi) is 5.64. The van der Waals surface area contributed by atoms with Crippen LogP contribution < -0.4 is 10.6 Å². The van der Waals surface area contributed by atoms with Crippen molar-refractivity contribution < 1.29 is 9.59 Å². The lowest BCUT2D eigenvalue weighted by atomic mass is 10.1. The van der Waals surface area contributed by atoms with Gasteiger partial charge in [0.05, 0.1) is 11.6 Å². The molecule has 0 fully saturated rings. The summed E-state index contributed by atoms with van der Waals surface area (Å²) in [4.78, 5) is 26.0. The summed E-state index contributed by atoms with van der Waals surface area (Å²) < 4.78 is 1.66. The number of carbonyl (C=O) groups is 2. The number of aryl methyl sites for hydroxylation is 2. The zero-order valence-electron chi connectivity index (χ0n) is 14.2. The second-order valence-electron chi connectivity index (χ2n) is 5.92. The van der Waals surface area contributed by atoms with Gasteiger partial charge in [0.1, 0.15) is 5.69 Å². The number of rotatable bonds is 5. The van der Waals surface area contributed by atoms with Crippen molar-refractivity contribution in [2.45, 2.75) is 6.92 Å². The first-order chi connectivity index (χ1) is 11.3. The molecular formula is C17H21ClN4O2. The minimum absolute atomic E-state index is 0.115. The molecule has 6 nitrogen and oxygen atoms in total. The lowest BCUT2D eigenvalue weighted by molar-refractivity contribution is -0.116. The molecule has 0 aliphatic carbocycles. The number of aromatic nitrogens is 1. The van der Waals surface area contributed by atoms with Crippen LogP contribution in [0.1, 0.15) is 16.1 Å². The van der Waals surface area contributed by atoms with Gasteiger partial charge in [0.15, 0.2) is 0 Å². The van der Waals surface area contributed by atoms with Crippen LogP contribution in [0, 0.1) is 6.92 Å². The average molecular weight is 349 g/mol. The van der Waals surface area contributed by atoms with E-state index in [4.69, 9.17) is 11.6 Å². The maximum absolute atomic E-state index is 12.4. The third kappa shape index (κ3) is 4.59. The van der Waals surface area contributed by atoms with Crippen LogP contribution in [0.2, 0.25) is 5.02 Å². The van der Waals surface area contributed by atoms with Crippen molar-refractivity contribution in [2.75, 3.05) is 31.3 Å². The van der Waals surface area contributed by atoms with Crippen LogP contribution in [0.4, 0.5) is 11.4 Å². The van der Waals surface area contributed by atoms with Gasteiger partial charge in [0.25, 0.3) is 5.91 Å². The lowest BCUT2D eigenvalue weighted by Gasteiger charge is -2.13. The number of halogens is 1. The van der Waals surface area contributed by atoms with Crippen LogP contribution >= 0.6 is 11.6 Å². The van der Waals surface area contributed by atoms with Crippen LogP contribution in [-0.4, -0.2) is 41.9 Å². The van der Waals surface area contributed by atoms with Crippen LogP contribution in [0.25, 0.3) is 0 Å². The number of hydrogen-bond donors (Lipinski definition) is 2. The van der Waals surface area contributed by atoms with E-state index in [9.17, 15) is 9.59 Å². The predicted molar refractivity (Wildman–Crippen MR) is 96.7 cm³/mol. The normalized spacial score (nSPS) is 10.8. The average Bonchev–Trinajstić information content (AvgIpc) is 2.80. The van der Waals surface area contributed by atoms with E-state index in [1.165, 1.54) is 0 Å². The van der Waals surface area contributed by atoms with Gasteiger partial charge in [-0.2, -0.15) is 0 Å². The first-order valence-corrected chi connectivity index (χ1v) is 7.82. The molecule has 0 bridgehead atoms. The Hall–Kier alpha value is -2.31. The second kappa shape index (κ2) is 7.51. The zero-order valence-corrected chi connectivity index (χ0v) is 14.9. The summed E-state index contributed by atoms with van der Waals surface area (Å²) >= 11 is 5.92. The molecular weight excluding hydrogens is 328 g/mol. The molecule has 1 aromatic carbocycles. The van der Waals surface area contributed by atoms with Gasteiger partial charge in [0, 0.05) is 24.6 Å². The smallest absolute Gasteiger partial charge is 0.272 e. The summed E-state index contributed by atoms with van der Waals surface area (Å²) in [5.41, 5.74) is 2.63. The first kappa shape index (κ1) is 18.0. The van der Waals surface area contributed by atoms with Crippen LogP contribution in [0.3, 0.4) is 0 Å². The molecule has 0 aliphatic heterocycles. The fraction of sp³-hybridized carbons (Fsp3) is 0.294. The Morgan fingerprint density at radius 3 is 2.50 bits per heavy atom. The molecule has 2 N–H and O–H groups in total. The van der Waals surface area contributed by atoms with E-state index in [2.05, 4.69) is 10.6 Å². The van der Waals surface area contributed by atoms with Gasteiger partial charge >= 0.3 is 0 Å². The van der Waals surface area contributed by atoms with Crippen LogP contribution in [0.15, 0.2) is 30.5 Å². The molecule has 1 heterocycles. The maximum Gasteiger partial charge on any atom is 0.272 e. The Morgan fingerprint density at radius 2 is 1.92 bits per heavy atom. The molecule has 24 heavy (non-hydrogen) atoms. The molecule has 0 radical (unpaired) electrons. The Labute approximate surface area is 146 Å². The van der Waals surface area contributed by atoms with E-state index in [0.717, 1.165) is 5.56 Å². The zero-order chi connectivity index (χ0) is 17.9. The monoisotopic (exact) mass is 348 g/mol. The van der Waals surface area contributed by atoms with E-state index in [1.54, 1.807) is 40.9 Å². The first-order valence-electron chi connectivity index (χ1n) is 7.44. The van der Waals surface area contributed by atoms with Gasteiger partial charge in [-0.1, -0.05) is 17.7 Å².